The van der Waals surface area contributed by atoms with Crippen molar-refractivity contribution in [2.75, 3.05) is 27.2 Å². The third kappa shape index (κ3) is 3.65. The smallest absolute Gasteiger partial charge is 0.287 e. The Morgan fingerprint density at radius 1 is 1.47 bits per heavy atom. The maximum Gasteiger partial charge on any atom is 0.287 e. The lowest BCUT2D eigenvalue weighted by molar-refractivity contribution is 0.0924. The molecule has 0 radical (unpaired) electrons. The van der Waals surface area contributed by atoms with Crippen LogP contribution < -0.4 is 5.32 Å². The minimum atomic E-state index is -0.194. The zero-order chi connectivity index (χ0) is 13.8. The number of furan rings is 1. The summed E-state index contributed by atoms with van der Waals surface area (Å²) in [5.74, 6) is 0.751. The van der Waals surface area contributed by atoms with E-state index < -0.39 is 0 Å². The number of nitrogens with one attached hydrogen (secondary N) is 1. The first-order chi connectivity index (χ1) is 9.06. The van der Waals surface area contributed by atoms with Crippen LogP contribution in [0.5, 0.6) is 0 Å². The first-order valence-electron chi connectivity index (χ1n) is 6.01. The largest absolute Gasteiger partial charge is 0.449 e. The van der Waals surface area contributed by atoms with E-state index in [0.717, 1.165) is 17.2 Å². The van der Waals surface area contributed by atoms with E-state index in [1.807, 2.05) is 31.3 Å². The molecular weight excluding hydrogens is 262 g/mol. The molecule has 0 atom stereocenters. The highest BCUT2D eigenvalue weighted by molar-refractivity contribution is 7.09. The van der Waals surface area contributed by atoms with Crippen molar-refractivity contribution in [2.24, 2.45) is 0 Å². The number of carbonyl (C=O) groups excluding carboxylic acids is 1. The summed E-state index contributed by atoms with van der Waals surface area (Å²) >= 11 is 1.56. The molecule has 0 unspecified atom stereocenters. The molecule has 0 spiro atoms. The molecule has 102 valence electrons. The SMILES string of the molecule is Cc1nc(-c2ccc(C(=O)NCCN(C)C)o2)cs1. The molecule has 19 heavy (non-hydrogen) atoms. The van der Waals surface area contributed by atoms with Crippen LogP contribution in [0.2, 0.25) is 0 Å². The number of aryl methyl sites for hydroxylation is 1. The van der Waals surface area contributed by atoms with Crippen LogP contribution in [-0.2, 0) is 0 Å². The van der Waals surface area contributed by atoms with Gasteiger partial charge in [-0.1, -0.05) is 0 Å². The first-order valence-corrected chi connectivity index (χ1v) is 6.89. The fourth-order valence-electron chi connectivity index (χ4n) is 1.55. The van der Waals surface area contributed by atoms with Crippen LogP contribution in [-0.4, -0.2) is 43.0 Å². The number of hydrogen-bond acceptors (Lipinski definition) is 5. The molecule has 2 aromatic heterocycles. The Labute approximate surface area is 116 Å². The van der Waals surface area contributed by atoms with E-state index in [1.165, 1.54) is 0 Å². The fourth-order valence-corrected chi connectivity index (χ4v) is 2.16. The summed E-state index contributed by atoms with van der Waals surface area (Å²) in [6, 6.07) is 3.45. The Morgan fingerprint density at radius 3 is 2.89 bits per heavy atom. The van der Waals surface area contributed by atoms with Crippen LogP contribution in [0, 0.1) is 6.92 Å². The summed E-state index contributed by atoms with van der Waals surface area (Å²) in [5.41, 5.74) is 0.773. The molecule has 0 aliphatic heterocycles. The molecule has 0 aliphatic rings. The maximum atomic E-state index is 11.8. The fraction of sp³-hybridized carbons (Fsp3) is 0.385. The summed E-state index contributed by atoms with van der Waals surface area (Å²) in [4.78, 5) is 18.2. The van der Waals surface area contributed by atoms with Crippen LogP contribution in [0.3, 0.4) is 0 Å². The van der Waals surface area contributed by atoms with E-state index >= 15 is 0 Å². The summed E-state index contributed by atoms with van der Waals surface area (Å²) in [5, 5.41) is 5.70. The number of likely N-dealkylation sites (N-methyl/N-ethyl adjacent to an activating group) is 1. The molecule has 6 heteroatoms. The Bertz CT molecular complexity index is 560. The van der Waals surface area contributed by atoms with Gasteiger partial charge in [-0.05, 0) is 33.2 Å². The van der Waals surface area contributed by atoms with Gasteiger partial charge in [0.15, 0.2) is 11.5 Å². The molecule has 0 fully saturated rings. The van der Waals surface area contributed by atoms with Gasteiger partial charge in [-0.3, -0.25) is 4.79 Å². The van der Waals surface area contributed by atoms with Crippen molar-refractivity contribution in [2.45, 2.75) is 6.92 Å². The molecule has 0 aromatic carbocycles. The number of aromatic nitrogens is 1. The van der Waals surface area contributed by atoms with E-state index in [1.54, 1.807) is 23.5 Å². The minimum absolute atomic E-state index is 0.194. The van der Waals surface area contributed by atoms with Gasteiger partial charge in [0.1, 0.15) is 5.69 Å². The number of amides is 1. The van der Waals surface area contributed by atoms with Gasteiger partial charge < -0.3 is 14.6 Å². The van der Waals surface area contributed by atoms with E-state index in [9.17, 15) is 4.79 Å². The quantitative estimate of drug-likeness (QED) is 0.909. The molecule has 0 bridgehead atoms. The number of nitrogens with zero attached hydrogens (tertiary/aromatic N) is 2. The first kappa shape index (κ1) is 13.8. The topological polar surface area (TPSA) is 58.4 Å². The van der Waals surface area contributed by atoms with Crippen molar-refractivity contribution >= 4 is 17.2 Å². The van der Waals surface area contributed by atoms with Crippen molar-refractivity contribution in [1.29, 1.82) is 0 Å². The van der Waals surface area contributed by atoms with E-state index in [2.05, 4.69) is 10.3 Å². The molecule has 0 aliphatic carbocycles. The predicted octanol–water partition coefficient (Wildman–Crippen LogP) is 2.00. The standard InChI is InChI=1S/C13H17N3O2S/c1-9-15-10(8-19-9)11-4-5-12(18-11)13(17)14-6-7-16(2)3/h4-5,8H,6-7H2,1-3H3,(H,14,17). The molecule has 0 saturated heterocycles. The van der Waals surface area contributed by atoms with Crippen LogP contribution in [0.4, 0.5) is 0 Å². The molecule has 2 aromatic rings. The normalized spacial score (nSPS) is 10.9. The van der Waals surface area contributed by atoms with Gasteiger partial charge in [-0.25, -0.2) is 4.98 Å². The average Bonchev–Trinajstić information content (AvgIpc) is 2.96. The minimum Gasteiger partial charge on any atom is -0.449 e. The van der Waals surface area contributed by atoms with Gasteiger partial charge in [-0.15, -0.1) is 11.3 Å². The lowest BCUT2D eigenvalue weighted by Gasteiger charge is -2.09. The average molecular weight is 279 g/mol. The van der Waals surface area contributed by atoms with E-state index in [4.69, 9.17) is 4.42 Å². The third-order valence-corrected chi connectivity index (χ3v) is 3.32. The highest BCUT2D eigenvalue weighted by Gasteiger charge is 2.13. The van der Waals surface area contributed by atoms with Crippen molar-refractivity contribution in [3.05, 3.63) is 28.3 Å². The lowest BCUT2D eigenvalue weighted by Crippen LogP contribution is -2.31. The Balaban J connectivity index is 1.98. The number of carbonyl (C=O) groups is 1. The zero-order valence-corrected chi connectivity index (χ0v) is 12.1. The number of thiazole rings is 1. The van der Waals surface area contributed by atoms with Crippen molar-refractivity contribution < 1.29 is 9.21 Å². The van der Waals surface area contributed by atoms with Gasteiger partial charge in [-0.2, -0.15) is 0 Å². The predicted molar refractivity (Wildman–Crippen MR) is 75.4 cm³/mol. The van der Waals surface area contributed by atoms with Gasteiger partial charge in [0.2, 0.25) is 0 Å². The highest BCUT2D eigenvalue weighted by atomic mass is 32.1. The Kier molecular flexibility index (Phi) is 4.34. The molecule has 1 N–H and O–H groups in total. The van der Waals surface area contributed by atoms with Crippen molar-refractivity contribution in [3.63, 3.8) is 0 Å². The zero-order valence-electron chi connectivity index (χ0n) is 11.3. The Hall–Kier alpha value is -1.66. The number of rotatable bonds is 5. The van der Waals surface area contributed by atoms with E-state index in [0.29, 0.717) is 18.1 Å². The molecule has 2 heterocycles. The summed E-state index contributed by atoms with van der Waals surface area (Å²) < 4.78 is 5.52. The van der Waals surface area contributed by atoms with E-state index in [-0.39, 0.29) is 5.91 Å². The summed E-state index contributed by atoms with van der Waals surface area (Å²) in [7, 11) is 3.92. The number of hydrogen-bond donors (Lipinski definition) is 1. The summed E-state index contributed by atoms with van der Waals surface area (Å²) in [6.45, 7) is 3.33. The van der Waals surface area contributed by atoms with Crippen LogP contribution in [0.1, 0.15) is 15.6 Å². The molecule has 5 nitrogen and oxygen atoms in total. The second-order valence-electron chi connectivity index (χ2n) is 4.47. The monoisotopic (exact) mass is 279 g/mol. The lowest BCUT2D eigenvalue weighted by atomic mass is 10.3. The highest BCUT2D eigenvalue weighted by Crippen LogP contribution is 2.23. The van der Waals surface area contributed by atoms with Crippen molar-refractivity contribution in [3.8, 4) is 11.5 Å². The second kappa shape index (κ2) is 5.99. The van der Waals surface area contributed by atoms with Crippen LogP contribution in [0.25, 0.3) is 11.5 Å². The third-order valence-electron chi connectivity index (χ3n) is 2.55. The molecule has 1 amide bonds. The maximum absolute atomic E-state index is 11.8. The second-order valence-corrected chi connectivity index (χ2v) is 5.54. The van der Waals surface area contributed by atoms with Crippen molar-refractivity contribution in [1.82, 2.24) is 15.2 Å². The van der Waals surface area contributed by atoms with Gasteiger partial charge in [0.25, 0.3) is 5.91 Å². The molecular formula is C13H17N3O2S. The Morgan fingerprint density at radius 2 is 2.26 bits per heavy atom. The van der Waals surface area contributed by atoms with Crippen LogP contribution >= 0.6 is 11.3 Å². The van der Waals surface area contributed by atoms with Gasteiger partial charge in [0, 0.05) is 18.5 Å². The molecule has 0 saturated carbocycles. The summed E-state index contributed by atoms with van der Waals surface area (Å²) in [6.07, 6.45) is 0. The van der Waals surface area contributed by atoms with Crippen LogP contribution in [0.15, 0.2) is 21.9 Å². The van der Waals surface area contributed by atoms with Gasteiger partial charge in [0.05, 0.1) is 5.01 Å². The molecule has 2 rings (SSSR count). The van der Waals surface area contributed by atoms with Gasteiger partial charge >= 0.3 is 0 Å².